The van der Waals surface area contributed by atoms with Crippen molar-refractivity contribution in [1.29, 1.82) is 0 Å². The number of H-pyrrole nitrogens is 1. The molecule has 4 nitrogen and oxygen atoms in total. The Labute approximate surface area is 143 Å². The van der Waals surface area contributed by atoms with Gasteiger partial charge in [-0.3, -0.25) is 4.79 Å². The minimum absolute atomic E-state index is 0.0580. The second-order valence-corrected chi connectivity index (χ2v) is 8.36. The van der Waals surface area contributed by atoms with Gasteiger partial charge in [0.25, 0.3) is 5.56 Å². The maximum absolute atomic E-state index is 12.3. The summed E-state index contributed by atoms with van der Waals surface area (Å²) < 4.78 is 0. The van der Waals surface area contributed by atoms with E-state index in [0.717, 1.165) is 29.3 Å². The topological polar surface area (TPSA) is 65.1 Å². The fraction of sp³-hybridized carbons (Fsp3) is 0.550. The summed E-state index contributed by atoms with van der Waals surface area (Å²) in [5.74, 6) is 0.559. The standard InChI is InChI=1S/C20H28N2O2/c1-14-9-19(2,3)12-20(10-14,13-23)21-11-16-8-15-6-4-5-7-17(15)22-18(16)24/h4-8,14,21,23H,9-13H2,1-3H3,(H,22,24). The molecule has 0 amide bonds. The lowest BCUT2D eigenvalue weighted by molar-refractivity contribution is 0.0352. The number of aromatic nitrogens is 1. The molecule has 0 aliphatic heterocycles. The van der Waals surface area contributed by atoms with E-state index >= 15 is 0 Å². The van der Waals surface area contributed by atoms with Gasteiger partial charge in [0.15, 0.2) is 0 Å². The predicted octanol–water partition coefficient (Wildman–Crippen LogP) is 3.20. The molecule has 1 aliphatic rings. The first kappa shape index (κ1) is 17.2. The molecule has 1 aliphatic carbocycles. The first-order chi connectivity index (χ1) is 11.3. The number of fused-ring (bicyclic) bond motifs is 1. The van der Waals surface area contributed by atoms with Gasteiger partial charge in [-0.1, -0.05) is 39.0 Å². The van der Waals surface area contributed by atoms with Crippen molar-refractivity contribution < 1.29 is 5.11 Å². The van der Waals surface area contributed by atoms with E-state index in [4.69, 9.17) is 0 Å². The maximum atomic E-state index is 12.3. The molecule has 0 bridgehead atoms. The second-order valence-electron chi connectivity index (χ2n) is 8.36. The molecule has 1 aromatic carbocycles. The first-order valence-corrected chi connectivity index (χ1v) is 8.79. The highest BCUT2D eigenvalue weighted by atomic mass is 16.3. The van der Waals surface area contributed by atoms with Crippen molar-refractivity contribution in [3.05, 3.63) is 46.2 Å². The number of rotatable bonds is 4. The van der Waals surface area contributed by atoms with Crippen LogP contribution in [-0.2, 0) is 6.54 Å². The van der Waals surface area contributed by atoms with Crippen molar-refractivity contribution in [2.45, 2.75) is 52.1 Å². The Kier molecular flexibility index (Phi) is 4.54. The number of hydrogen-bond donors (Lipinski definition) is 3. The fourth-order valence-corrected chi connectivity index (χ4v) is 4.66. The minimum atomic E-state index is -0.306. The summed E-state index contributed by atoms with van der Waals surface area (Å²) in [7, 11) is 0. The Bertz CT molecular complexity index is 781. The SMILES string of the molecule is CC1CC(C)(C)CC(CO)(NCc2cc3ccccc3[nH]c2=O)C1. The van der Waals surface area contributed by atoms with Crippen LogP contribution in [0.15, 0.2) is 35.1 Å². The minimum Gasteiger partial charge on any atom is -0.394 e. The second kappa shape index (κ2) is 6.34. The normalized spacial score (nSPS) is 26.6. The number of benzene rings is 1. The van der Waals surface area contributed by atoms with Gasteiger partial charge < -0.3 is 15.4 Å². The van der Waals surface area contributed by atoms with E-state index in [1.165, 1.54) is 6.42 Å². The summed E-state index contributed by atoms with van der Waals surface area (Å²) in [4.78, 5) is 15.3. The van der Waals surface area contributed by atoms with E-state index in [0.29, 0.717) is 12.5 Å². The number of aliphatic hydroxyl groups excluding tert-OH is 1. The third-order valence-electron chi connectivity index (χ3n) is 5.24. The molecule has 24 heavy (non-hydrogen) atoms. The van der Waals surface area contributed by atoms with E-state index < -0.39 is 0 Å². The molecule has 2 atom stereocenters. The Hall–Kier alpha value is -1.65. The molecule has 0 saturated heterocycles. The molecule has 4 heteroatoms. The van der Waals surface area contributed by atoms with Crippen LogP contribution >= 0.6 is 0 Å². The highest BCUT2D eigenvalue weighted by Crippen LogP contribution is 2.43. The molecule has 1 heterocycles. The van der Waals surface area contributed by atoms with Gasteiger partial charge in [0, 0.05) is 23.2 Å². The number of hydrogen-bond acceptors (Lipinski definition) is 3. The van der Waals surface area contributed by atoms with Gasteiger partial charge in [0.1, 0.15) is 0 Å². The molecule has 3 N–H and O–H groups in total. The summed E-state index contributed by atoms with van der Waals surface area (Å²) in [6.07, 6.45) is 3.04. The van der Waals surface area contributed by atoms with Gasteiger partial charge in [-0.2, -0.15) is 0 Å². The summed E-state index contributed by atoms with van der Waals surface area (Å²) in [6.45, 7) is 7.35. The van der Waals surface area contributed by atoms with Gasteiger partial charge in [-0.05, 0) is 48.1 Å². The van der Waals surface area contributed by atoms with Crippen molar-refractivity contribution in [3.63, 3.8) is 0 Å². The summed E-state index contributed by atoms with van der Waals surface area (Å²) in [5, 5.41) is 14.6. The zero-order valence-corrected chi connectivity index (χ0v) is 14.9. The molecule has 1 aromatic heterocycles. The number of aliphatic hydroxyl groups is 1. The van der Waals surface area contributed by atoms with Gasteiger partial charge in [-0.15, -0.1) is 0 Å². The molecule has 3 rings (SSSR count). The largest absolute Gasteiger partial charge is 0.394 e. The van der Waals surface area contributed by atoms with Crippen LogP contribution in [0.25, 0.3) is 10.9 Å². The number of pyridine rings is 1. The van der Waals surface area contributed by atoms with Gasteiger partial charge in [0.2, 0.25) is 0 Å². The maximum Gasteiger partial charge on any atom is 0.252 e. The highest BCUT2D eigenvalue weighted by Gasteiger charge is 2.42. The number of para-hydroxylation sites is 1. The van der Waals surface area contributed by atoms with E-state index in [-0.39, 0.29) is 23.1 Å². The number of aromatic amines is 1. The summed E-state index contributed by atoms with van der Waals surface area (Å²) in [5.41, 5.74) is 1.41. The fourth-order valence-electron chi connectivity index (χ4n) is 4.66. The van der Waals surface area contributed by atoms with Crippen LogP contribution in [0.4, 0.5) is 0 Å². The average Bonchev–Trinajstić information content (AvgIpc) is 2.51. The lowest BCUT2D eigenvalue weighted by Crippen LogP contribution is -2.55. The predicted molar refractivity (Wildman–Crippen MR) is 98.0 cm³/mol. The van der Waals surface area contributed by atoms with Crippen LogP contribution in [0.5, 0.6) is 0 Å². The van der Waals surface area contributed by atoms with Crippen LogP contribution < -0.4 is 10.9 Å². The van der Waals surface area contributed by atoms with E-state index in [2.05, 4.69) is 31.1 Å². The molecule has 1 fully saturated rings. The molecular weight excluding hydrogens is 300 g/mol. The van der Waals surface area contributed by atoms with Crippen molar-refractivity contribution in [2.24, 2.45) is 11.3 Å². The Morgan fingerprint density at radius 3 is 2.75 bits per heavy atom. The molecule has 0 spiro atoms. The summed E-state index contributed by atoms with van der Waals surface area (Å²) >= 11 is 0. The van der Waals surface area contributed by atoms with Gasteiger partial charge in [-0.25, -0.2) is 0 Å². The van der Waals surface area contributed by atoms with Gasteiger partial charge in [0.05, 0.1) is 6.61 Å². The number of nitrogens with one attached hydrogen (secondary N) is 2. The van der Waals surface area contributed by atoms with Crippen LogP contribution in [0.2, 0.25) is 0 Å². The van der Waals surface area contributed by atoms with Crippen LogP contribution in [0.1, 0.15) is 45.6 Å². The Morgan fingerprint density at radius 2 is 2.04 bits per heavy atom. The van der Waals surface area contributed by atoms with E-state index in [1.807, 2.05) is 30.3 Å². The van der Waals surface area contributed by atoms with Crippen LogP contribution in [-0.4, -0.2) is 22.2 Å². The van der Waals surface area contributed by atoms with Crippen molar-refractivity contribution in [1.82, 2.24) is 10.3 Å². The Balaban J connectivity index is 1.83. The summed E-state index contributed by atoms with van der Waals surface area (Å²) in [6, 6.07) is 9.75. The smallest absolute Gasteiger partial charge is 0.252 e. The van der Waals surface area contributed by atoms with Gasteiger partial charge >= 0.3 is 0 Å². The van der Waals surface area contributed by atoms with E-state index in [9.17, 15) is 9.90 Å². The monoisotopic (exact) mass is 328 g/mol. The molecular formula is C20H28N2O2. The van der Waals surface area contributed by atoms with Crippen molar-refractivity contribution in [3.8, 4) is 0 Å². The third-order valence-corrected chi connectivity index (χ3v) is 5.24. The highest BCUT2D eigenvalue weighted by molar-refractivity contribution is 5.78. The van der Waals surface area contributed by atoms with Crippen molar-refractivity contribution >= 4 is 10.9 Å². The zero-order valence-electron chi connectivity index (χ0n) is 14.9. The molecule has 2 unspecified atom stereocenters. The molecule has 130 valence electrons. The average molecular weight is 328 g/mol. The zero-order chi connectivity index (χ0) is 17.4. The van der Waals surface area contributed by atoms with E-state index in [1.54, 1.807) is 0 Å². The molecule has 2 aromatic rings. The quantitative estimate of drug-likeness (QED) is 0.807. The molecule has 1 saturated carbocycles. The lowest BCUT2D eigenvalue weighted by atomic mass is 9.64. The Morgan fingerprint density at radius 1 is 1.29 bits per heavy atom. The lowest BCUT2D eigenvalue weighted by Gasteiger charge is -2.47. The van der Waals surface area contributed by atoms with Crippen LogP contribution in [0, 0.1) is 11.3 Å². The first-order valence-electron chi connectivity index (χ1n) is 8.79. The van der Waals surface area contributed by atoms with Crippen LogP contribution in [0.3, 0.4) is 0 Å². The third kappa shape index (κ3) is 3.55. The van der Waals surface area contributed by atoms with Crippen molar-refractivity contribution in [2.75, 3.05) is 6.61 Å². The molecule has 0 radical (unpaired) electrons.